The number of benzene rings is 2. The maximum absolute atomic E-state index is 12.7. The molecule has 0 aliphatic heterocycles. The average molecular weight is 358 g/mol. The predicted octanol–water partition coefficient (Wildman–Crippen LogP) is 4.01. The van der Waals surface area contributed by atoms with Gasteiger partial charge in [0, 0.05) is 0 Å². The number of nitrogens with zero attached hydrogens (tertiary/aromatic N) is 2. The van der Waals surface area contributed by atoms with E-state index in [1.807, 2.05) is 51.1 Å². The van der Waals surface area contributed by atoms with Gasteiger partial charge in [-0.2, -0.15) is 4.37 Å². The number of aryl methyl sites for hydroxylation is 1. The summed E-state index contributed by atoms with van der Waals surface area (Å²) in [5.74, 6) is 0.518. The first-order valence-electron chi connectivity index (χ1n) is 7.53. The highest BCUT2D eigenvalue weighted by Gasteiger charge is 2.31. The largest absolute Gasteiger partial charge is 0.235 e. The molecule has 3 aromatic rings. The van der Waals surface area contributed by atoms with E-state index >= 15 is 0 Å². The molecule has 0 unspecified atom stereocenters. The molecule has 0 aliphatic carbocycles. The molecule has 2 aromatic carbocycles. The van der Waals surface area contributed by atoms with Gasteiger partial charge in [-0.25, -0.2) is 13.4 Å². The molecule has 24 heavy (non-hydrogen) atoms. The van der Waals surface area contributed by atoms with Crippen molar-refractivity contribution in [3.05, 3.63) is 71.5 Å². The Morgan fingerprint density at radius 1 is 0.958 bits per heavy atom. The molecule has 0 amide bonds. The van der Waals surface area contributed by atoms with Gasteiger partial charge in [0.2, 0.25) is 14.2 Å². The molecular formula is C18H18N2O2S2. The molecule has 0 bridgehead atoms. The van der Waals surface area contributed by atoms with E-state index in [1.54, 1.807) is 24.3 Å². The topological polar surface area (TPSA) is 59.9 Å². The predicted molar refractivity (Wildman–Crippen MR) is 95.1 cm³/mol. The van der Waals surface area contributed by atoms with Crippen LogP contribution in [0.3, 0.4) is 0 Å². The van der Waals surface area contributed by atoms with Gasteiger partial charge in [-0.3, -0.25) is 0 Å². The molecular weight excluding hydrogens is 340 g/mol. The lowest BCUT2D eigenvalue weighted by atomic mass is 9.84. The maximum atomic E-state index is 12.7. The first-order valence-corrected chi connectivity index (χ1v) is 9.79. The minimum Gasteiger partial charge on any atom is -0.216 e. The fraction of sp³-hybridized carbons (Fsp3) is 0.222. The van der Waals surface area contributed by atoms with Crippen LogP contribution >= 0.6 is 11.5 Å². The quantitative estimate of drug-likeness (QED) is 0.707. The Morgan fingerprint density at radius 3 is 2.21 bits per heavy atom. The second kappa shape index (κ2) is 6.11. The third-order valence-electron chi connectivity index (χ3n) is 4.02. The van der Waals surface area contributed by atoms with Crippen molar-refractivity contribution in [2.75, 3.05) is 0 Å². The summed E-state index contributed by atoms with van der Waals surface area (Å²) in [5, 5.41) is 0. The van der Waals surface area contributed by atoms with Gasteiger partial charge in [0.05, 0.1) is 10.3 Å². The van der Waals surface area contributed by atoms with Crippen LogP contribution in [-0.2, 0) is 15.3 Å². The van der Waals surface area contributed by atoms with Crippen molar-refractivity contribution >= 4 is 21.4 Å². The van der Waals surface area contributed by atoms with E-state index in [9.17, 15) is 8.42 Å². The van der Waals surface area contributed by atoms with E-state index in [0.717, 1.165) is 22.7 Å². The Bertz CT molecular complexity index is 944. The molecule has 0 N–H and O–H groups in total. The molecule has 124 valence electrons. The Labute approximate surface area is 146 Å². The molecule has 0 saturated heterocycles. The molecule has 0 saturated carbocycles. The minimum absolute atomic E-state index is 0.0327. The second-order valence-corrected chi connectivity index (χ2v) is 9.07. The minimum atomic E-state index is -3.63. The average Bonchev–Trinajstić information content (AvgIpc) is 3.08. The molecule has 0 radical (unpaired) electrons. The van der Waals surface area contributed by atoms with Crippen LogP contribution in [0, 0.1) is 6.92 Å². The van der Waals surface area contributed by atoms with Crippen LogP contribution in [0.25, 0.3) is 0 Å². The first-order chi connectivity index (χ1) is 11.3. The van der Waals surface area contributed by atoms with Gasteiger partial charge in [-0.15, -0.1) is 0 Å². The number of hydrogen-bond donors (Lipinski definition) is 0. The van der Waals surface area contributed by atoms with E-state index in [2.05, 4.69) is 9.36 Å². The highest BCUT2D eigenvalue weighted by Crippen LogP contribution is 2.32. The van der Waals surface area contributed by atoms with Gasteiger partial charge in [-0.05, 0) is 50.0 Å². The lowest BCUT2D eigenvalue weighted by molar-refractivity contribution is 0.583. The van der Waals surface area contributed by atoms with Gasteiger partial charge in [0.25, 0.3) is 0 Å². The van der Waals surface area contributed by atoms with Crippen molar-refractivity contribution in [2.24, 2.45) is 0 Å². The summed E-state index contributed by atoms with van der Waals surface area (Å²) in [6.07, 6.45) is 0. The van der Waals surface area contributed by atoms with Crippen molar-refractivity contribution in [3.8, 4) is 0 Å². The normalized spacial score (nSPS) is 12.3. The highest BCUT2D eigenvalue weighted by atomic mass is 32.2. The third-order valence-corrected chi connectivity index (χ3v) is 6.86. The molecule has 0 atom stereocenters. The van der Waals surface area contributed by atoms with Gasteiger partial charge in [0.1, 0.15) is 0 Å². The number of sulfone groups is 1. The fourth-order valence-electron chi connectivity index (χ4n) is 2.37. The van der Waals surface area contributed by atoms with Crippen molar-refractivity contribution in [1.82, 2.24) is 9.36 Å². The lowest BCUT2D eigenvalue weighted by Crippen LogP contribution is -2.20. The Balaban J connectivity index is 2.00. The van der Waals surface area contributed by atoms with Gasteiger partial charge in [0.15, 0.2) is 5.82 Å². The molecule has 1 aromatic heterocycles. The van der Waals surface area contributed by atoms with Gasteiger partial charge in [-0.1, -0.05) is 48.0 Å². The fourth-order valence-corrected chi connectivity index (χ4v) is 4.63. The van der Waals surface area contributed by atoms with E-state index in [-0.39, 0.29) is 9.24 Å². The summed E-state index contributed by atoms with van der Waals surface area (Å²) < 4.78 is 29.8. The summed E-state index contributed by atoms with van der Waals surface area (Å²) in [6, 6.07) is 16.6. The van der Waals surface area contributed by atoms with Crippen molar-refractivity contribution < 1.29 is 8.42 Å². The third kappa shape index (κ3) is 2.99. The van der Waals surface area contributed by atoms with Crippen LogP contribution in [0.4, 0.5) is 0 Å². The van der Waals surface area contributed by atoms with Crippen molar-refractivity contribution in [1.29, 1.82) is 0 Å². The molecule has 6 heteroatoms. The van der Waals surface area contributed by atoms with Crippen LogP contribution in [0.15, 0.2) is 63.8 Å². The molecule has 4 nitrogen and oxygen atoms in total. The highest BCUT2D eigenvalue weighted by molar-refractivity contribution is 7.93. The molecule has 0 aliphatic rings. The van der Waals surface area contributed by atoms with Crippen LogP contribution in [0.2, 0.25) is 0 Å². The van der Waals surface area contributed by atoms with Gasteiger partial charge >= 0.3 is 0 Å². The molecule has 1 heterocycles. The smallest absolute Gasteiger partial charge is 0.216 e. The number of hydrogen-bond acceptors (Lipinski definition) is 5. The first kappa shape index (κ1) is 16.8. The lowest BCUT2D eigenvalue weighted by Gasteiger charge is -2.21. The summed E-state index contributed by atoms with van der Waals surface area (Å²) in [4.78, 5) is 4.59. The zero-order valence-electron chi connectivity index (χ0n) is 13.7. The van der Waals surface area contributed by atoms with E-state index in [1.165, 1.54) is 0 Å². The Kier molecular flexibility index (Phi) is 4.27. The van der Waals surface area contributed by atoms with Crippen LogP contribution < -0.4 is 0 Å². The van der Waals surface area contributed by atoms with Crippen molar-refractivity contribution in [2.45, 2.75) is 35.4 Å². The zero-order chi connectivity index (χ0) is 17.4. The van der Waals surface area contributed by atoms with Crippen molar-refractivity contribution in [3.63, 3.8) is 0 Å². The van der Waals surface area contributed by atoms with E-state index in [4.69, 9.17) is 0 Å². The molecule has 0 spiro atoms. The SMILES string of the molecule is Cc1ccc(S(=O)(=O)c2nc(C(C)(C)c3ccccc3)ns2)cc1. The summed E-state index contributed by atoms with van der Waals surface area (Å²) >= 11 is 0.928. The standard InChI is InChI=1S/C18H18N2O2S2/c1-13-9-11-15(12-10-13)24(21,22)17-19-16(20-23-17)18(2,3)14-7-5-4-6-8-14/h4-12H,1-3H3. The number of rotatable bonds is 4. The zero-order valence-corrected chi connectivity index (χ0v) is 15.4. The van der Waals surface area contributed by atoms with Crippen LogP contribution in [0.1, 0.15) is 30.8 Å². The molecule has 0 fully saturated rings. The second-order valence-electron chi connectivity index (χ2n) is 6.19. The van der Waals surface area contributed by atoms with Gasteiger partial charge < -0.3 is 0 Å². The monoisotopic (exact) mass is 358 g/mol. The Morgan fingerprint density at radius 2 is 1.58 bits per heavy atom. The summed E-state index contributed by atoms with van der Waals surface area (Å²) in [5.41, 5.74) is 1.60. The maximum Gasteiger partial charge on any atom is 0.235 e. The Hall–Kier alpha value is -2.05. The number of aromatic nitrogens is 2. The van der Waals surface area contributed by atoms with Crippen LogP contribution in [-0.4, -0.2) is 17.8 Å². The molecule has 3 rings (SSSR count). The summed E-state index contributed by atoms with van der Waals surface area (Å²) in [6.45, 7) is 5.90. The van der Waals surface area contributed by atoms with E-state index < -0.39 is 15.3 Å². The summed E-state index contributed by atoms with van der Waals surface area (Å²) in [7, 11) is -3.63. The van der Waals surface area contributed by atoms with Crippen LogP contribution in [0.5, 0.6) is 0 Å². The van der Waals surface area contributed by atoms with E-state index in [0.29, 0.717) is 5.82 Å².